The lowest BCUT2D eigenvalue weighted by Gasteiger charge is -2.29. The summed E-state index contributed by atoms with van der Waals surface area (Å²) in [7, 11) is 1.62. The van der Waals surface area contributed by atoms with Crippen molar-refractivity contribution in [2.24, 2.45) is 5.92 Å². The molecule has 0 spiro atoms. The number of methoxy groups -OCH3 is 1. The summed E-state index contributed by atoms with van der Waals surface area (Å²) in [4.78, 5) is 29.1. The second kappa shape index (κ2) is 14.3. The number of hydrogen-bond acceptors (Lipinski definition) is 7. The summed E-state index contributed by atoms with van der Waals surface area (Å²) in [5.41, 5.74) is 5.79. The van der Waals surface area contributed by atoms with E-state index in [0.29, 0.717) is 37.0 Å². The topological polar surface area (TPSA) is 107 Å². The molecule has 9 heteroatoms. The Morgan fingerprint density at radius 1 is 0.872 bits per heavy atom. The Balaban J connectivity index is 1.33. The lowest BCUT2D eigenvalue weighted by Crippen LogP contribution is -2.40. The highest BCUT2D eigenvalue weighted by Gasteiger charge is 2.48. The zero-order valence-corrected chi connectivity index (χ0v) is 26.8. The van der Waals surface area contributed by atoms with Gasteiger partial charge in [-0.05, 0) is 71.5 Å². The van der Waals surface area contributed by atoms with Crippen molar-refractivity contribution in [2.45, 2.75) is 31.8 Å². The number of benzene rings is 4. The first-order valence-corrected chi connectivity index (χ1v) is 15.8. The SMILES string of the molecule is COCCOc1ccc([C@H]2[C@H](C(=O)O)[C@@H](c3ccc4c(c3)OCO4)CN2CC(=O)NC(c2ccccc2C)c2ccccc2C)cc1. The predicted octanol–water partition coefficient (Wildman–Crippen LogP) is 5.80. The van der Waals surface area contributed by atoms with Crippen LogP contribution in [0.25, 0.3) is 0 Å². The zero-order valence-electron chi connectivity index (χ0n) is 26.8. The van der Waals surface area contributed by atoms with Crippen LogP contribution in [-0.2, 0) is 14.3 Å². The van der Waals surface area contributed by atoms with E-state index in [1.54, 1.807) is 7.11 Å². The molecule has 0 unspecified atom stereocenters. The molecule has 0 saturated carbocycles. The van der Waals surface area contributed by atoms with Crippen molar-refractivity contribution < 1.29 is 33.6 Å². The summed E-state index contributed by atoms with van der Waals surface area (Å²) in [5.74, 6) is -0.468. The van der Waals surface area contributed by atoms with Gasteiger partial charge in [-0.3, -0.25) is 14.5 Å². The molecular formula is C38H40N2O7. The molecule has 2 N–H and O–H groups in total. The first kappa shape index (κ1) is 32.1. The Kier molecular flexibility index (Phi) is 9.75. The highest BCUT2D eigenvalue weighted by molar-refractivity contribution is 5.80. The van der Waals surface area contributed by atoms with Crippen LogP contribution < -0.4 is 19.5 Å². The Hall–Kier alpha value is -4.86. The third kappa shape index (κ3) is 6.96. The molecule has 244 valence electrons. The van der Waals surface area contributed by atoms with Gasteiger partial charge in [-0.25, -0.2) is 0 Å². The molecule has 0 bridgehead atoms. The molecule has 2 aliphatic heterocycles. The molecule has 1 saturated heterocycles. The molecule has 0 radical (unpaired) electrons. The predicted molar refractivity (Wildman–Crippen MR) is 177 cm³/mol. The van der Waals surface area contributed by atoms with Crippen LogP contribution in [0.3, 0.4) is 0 Å². The van der Waals surface area contributed by atoms with Crippen LogP contribution in [0, 0.1) is 19.8 Å². The highest BCUT2D eigenvalue weighted by Crippen LogP contribution is 2.48. The number of fused-ring (bicyclic) bond motifs is 1. The standard InChI is InChI=1S/C38H40N2O7/c1-24-8-4-6-10-29(24)36(30-11-7-5-9-25(30)2)39-34(41)22-40-21-31(27-14-17-32-33(20-27)47-23-46-32)35(38(42)43)37(40)26-12-15-28(16-13-26)45-19-18-44-3/h4-17,20,31,35-37H,18-19,21-23H2,1-3H3,(H,39,41)(H,42,43)/t31-,35-,37+/m1/s1. The van der Waals surface area contributed by atoms with E-state index in [4.69, 9.17) is 18.9 Å². The maximum atomic E-state index is 14.1. The third-order valence-corrected chi connectivity index (χ3v) is 9.14. The minimum Gasteiger partial charge on any atom is -0.491 e. The quantitative estimate of drug-likeness (QED) is 0.188. The van der Waals surface area contributed by atoms with Crippen LogP contribution in [0.5, 0.6) is 17.2 Å². The summed E-state index contributed by atoms with van der Waals surface area (Å²) in [5, 5.41) is 14.0. The van der Waals surface area contributed by atoms with Crippen LogP contribution in [0.2, 0.25) is 0 Å². The van der Waals surface area contributed by atoms with Crippen molar-refractivity contribution in [3.05, 3.63) is 124 Å². The fraction of sp³-hybridized carbons (Fsp3) is 0.316. The fourth-order valence-electron chi connectivity index (χ4n) is 6.81. The minimum atomic E-state index is -0.932. The Morgan fingerprint density at radius 2 is 1.51 bits per heavy atom. The minimum absolute atomic E-state index is 0.00977. The van der Waals surface area contributed by atoms with E-state index < -0.39 is 23.8 Å². The molecule has 47 heavy (non-hydrogen) atoms. The number of carboxylic acids is 1. The molecule has 1 amide bonds. The Labute approximate surface area is 275 Å². The van der Waals surface area contributed by atoms with Crippen molar-refractivity contribution in [2.75, 3.05) is 40.2 Å². The van der Waals surface area contributed by atoms with Crippen molar-refractivity contribution in [3.8, 4) is 17.2 Å². The second-order valence-electron chi connectivity index (χ2n) is 12.1. The summed E-state index contributed by atoms with van der Waals surface area (Å²) < 4.78 is 22.0. The molecule has 6 rings (SSSR count). The number of likely N-dealkylation sites (tertiary alicyclic amines) is 1. The van der Waals surface area contributed by atoms with E-state index in [0.717, 1.165) is 33.4 Å². The first-order valence-electron chi connectivity index (χ1n) is 15.8. The average Bonchev–Trinajstić information content (AvgIpc) is 3.69. The smallest absolute Gasteiger partial charge is 0.309 e. The number of amides is 1. The van der Waals surface area contributed by atoms with Gasteiger partial charge >= 0.3 is 5.97 Å². The largest absolute Gasteiger partial charge is 0.491 e. The fourth-order valence-corrected chi connectivity index (χ4v) is 6.81. The summed E-state index contributed by atoms with van der Waals surface area (Å²) in [6.45, 7) is 5.44. The maximum absolute atomic E-state index is 14.1. The molecule has 1 fully saturated rings. The van der Waals surface area contributed by atoms with Gasteiger partial charge in [0, 0.05) is 25.6 Å². The zero-order chi connectivity index (χ0) is 32.9. The Morgan fingerprint density at radius 3 is 2.15 bits per heavy atom. The van der Waals surface area contributed by atoms with Gasteiger partial charge < -0.3 is 29.4 Å². The molecular weight excluding hydrogens is 596 g/mol. The van der Waals surface area contributed by atoms with E-state index in [1.807, 2.05) is 110 Å². The molecule has 3 atom stereocenters. The van der Waals surface area contributed by atoms with Crippen LogP contribution in [-0.4, -0.2) is 62.1 Å². The number of ether oxygens (including phenoxy) is 4. The molecule has 0 aliphatic carbocycles. The van der Waals surface area contributed by atoms with Crippen molar-refractivity contribution >= 4 is 11.9 Å². The van der Waals surface area contributed by atoms with E-state index in [-0.39, 0.29) is 25.3 Å². The summed E-state index contributed by atoms with van der Waals surface area (Å²) in [6.07, 6.45) is 0. The second-order valence-corrected chi connectivity index (χ2v) is 12.1. The first-order chi connectivity index (χ1) is 22.8. The number of hydrogen-bond donors (Lipinski definition) is 2. The number of nitrogens with zero attached hydrogens (tertiary/aromatic N) is 1. The van der Waals surface area contributed by atoms with Crippen molar-refractivity contribution in [3.63, 3.8) is 0 Å². The van der Waals surface area contributed by atoms with E-state index in [9.17, 15) is 14.7 Å². The van der Waals surface area contributed by atoms with Crippen LogP contribution >= 0.6 is 0 Å². The van der Waals surface area contributed by atoms with E-state index in [2.05, 4.69) is 5.32 Å². The average molecular weight is 637 g/mol. The van der Waals surface area contributed by atoms with Gasteiger partial charge in [-0.2, -0.15) is 0 Å². The van der Waals surface area contributed by atoms with Crippen molar-refractivity contribution in [1.82, 2.24) is 10.2 Å². The molecule has 4 aromatic rings. The Bertz CT molecular complexity index is 1680. The normalized spacial score (nSPS) is 18.8. The van der Waals surface area contributed by atoms with Gasteiger partial charge in [0.15, 0.2) is 11.5 Å². The number of nitrogens with one attached hydrogen (secondary N) is 1. The lowest BCUT2D eigenvalue weighted by atomic mass is 9.82. The van der Waals surface area contributed by atoms with E-state index in [1.165, 1.54) is 0 Å². The molecule has 4 aromatic carbocycles. The van der Waals surface area contributed by atoms with Crippen molar-refractivity contribution in [1.29, 1.82) is 0 Å². The van der Waals surface area contributed by atoms with Gasteiger partial charge in [0.25, 0.3) is 0 Å². The van der Waals surface area contributed by atoms with Gasteiger partial charge in [-0.15, -0.1) is 0 Å². The number of aliphatic carboxylic acids is 1. The summed E-state index contributed by atoms with van der Waals surface area (Å²) in [6, 6.07) is 28.2. The maximum Gasteiger partial charge on any atom is 0.309 e. The van der Waals surface area contributed by atoms with Gasteiger partial charge in [0.1, 0.15) is 12.4 Å². The van der Waals surface area contributed by atoms with Crippen LogP contribution in [0.1, 0.15) is 51.4 Å². The van der Waals surface area contributed by atoms with Crippen LogP contribution in [0.15, 0.2) is 91.0 Å². The lowest BCUT2D eigenvalue weighted by molar-refractivity contribution is -0.143. The summed E-state index contributed by atoms with van der Waals surface area (Å²) >= 11 is 0. The molecule has 2 heterocycles. The van der Waals surface area contributed by atoms with Gasteiger partial charge in [0.2, 0.25) is 12.7 Å². The number of aryl methyl sites for hydroxylation is 2. The molecule has 0 aromatic heterocycles. The number of carbonyl (C=O) groups excluding carboxylic acids is 1. The van der Waals surface area contributed by atoms with E-state index >= 15 is 0 Å². The monoisotopic (exact) mass is 636 g/mol. The number of carboxylic acid groups (broad SMARTS) is 1. The number of carbonyl (C=O) groups is 2. The number of rotatable bonds is 12. The molecule has 2 aliphatic rings. The van der Waals surface area contributed by atoms with Crippen LogP contribution in [0.4, 0.5) is 0 Å². The molecule has 9 nitrogen and oxygen atoms in total. The highest BCUT2D eigenvalue weighted by atomic mass is 16.7. The van der Waals surface area contributed by atoms with Gasteiger partial charge in [0.05, 0.1) is 25.1 Å². The third-order valence-electron chi connectivity index (χ3n) is 9.14. The van der Waals surface area contributed by atoms with Gasteiger partial charge in [-0.1, -0.05) is 66.7 Å².